The molecule has 1 N–H and O–H groups in total. The van der Waals surface area contributed by atoms with Gasteiger partial charge in [0.05, 0.1) is 29.5 Å². The van der Waals surface area contributed by atoms with Crippen molar-refractivity contribution in [3.05, 3.63) is 94.6 Å². The third kappa shape index (κ3) is 4.33. The zero-order valence-electron chi connectivity index (χ0n) is 20.2. The Kier molecular flexibility index (Phi) is 5.90. The van der Waals surface area contributed by atoms with Crippen molar-refractivity contribution in [3.63, 3.8) is 0 Å². The summed E-state index contributed by atoms with van der Waals surface area (Å²) < 4.78 is 3.81. The van der Waals surface area contributed by atoms with Crippen molar-refractivity contribution < 1.29 is 0 Å². The maximum atomic E-state index is 13.0. The van der Waals surface area contributed by atoms with E-state index in [-0.39, 0.29) is 11.6 Å². The van der Waals surface area contributed by atoms with Crippen LogP contribution in [0.25, 0.3) is 16.7 Å². The van der Waals surface area contributed by atoms with E-state index in [4.69, 9.17) is 4.98 Å². The molecule has 1 unspecified atom stereocenters. The van der Waals surface area contributed by atoms with Gasteiger partial charge in [-0.05, 0) is 44.0 Å². The molecule has 0 aliphatic carbocycles. The number of aromatic nitrogens is 6. The summed E-state index contributed by atoms with van der Waals surface area (Å²) in [5.41, 5.74) is 5.25. The molecule has 9 nitrogen and oxygen atoms in total. The molecule has 5 heterocycles. The number of hydrogen-bond acceptors (Lipinski definition) is 7. The van der Waals surface area contributed by atoms with Crippen LogP contribution < -0.4 is 10.9 Å². The number of nitrogens with one attached hydrogen (secondary N) is 1. The Balaban J connectivity index is 1.16. The molecule has 0 amide bonds. The fourth-order valence-electron chi connectivity index (χ4n) is 5.05. The second-order valence-corrected chi connectivity index (χ2v) is 9.30. The van der Waals surface area contributed by atoms with E-state index in [0.717, 1.165) is 60.0 Å². The van der Waals surface area contributed by atoms with Gasteiger partial charge in [-0.25, -0.2) is 9.97 Å². The second-order valence-electron chi connectivity index (χ2n) is 9.30. The van der Waals surface area contributed by atoms with Crippen LogP contribution in [-0.4, -0.2) is 59.5 Å². The van der Waals surface area contributed by atoms with Crippen LogP contribution >= 0.6 is 0 Å². The van der Waals surface area contributed by atoms with E-state index in [1.54, 1.807) is 29.2 Å². The number of anilines is 1. The number of likely N-dealkylation sites (tertiary alicyclic amines) is 1. The first-order chi connectivity index (χ1) is 17.7. The monoisotopic (exact) mass is 480 g/mol. The maximum absolute atomic E-state index is 13.0. The van der Waals surface area contributed by atoms with E-state index in [1.165, 1.54) is 0 Å². The second kappa shape index (κ2) is 9.50. The molecular weight excluding hydrogens is 452 g/mol. The molecule has 1 aliphatic rings. The van der Waals surface area contributed by atoms with Crippen LogP contribution in [-0.2, 0) is 13.0 Å². The molecule has 1 atom stereocenters. The van der Waals surface area contributed by atoms with Gasteiger partial charge in [-0.1, -0.05) is 18.2 Å². The number of benzene rings is 1. The van der Waals surface area contributed by atoms with Gasteiger partial charge in [0.15, 0.2) is 0 Å². The van der Waals surface area contributed by atoms with Gasteiger partial charge in [0.25, 0.3) is 5.56 Å². The maximum Gasteiger partial charge on any atom is 0.261 e. The smallest absolute Gasteiger partial charge is 0.261 e. The minimum Gasteiger partial charge on any atom is -0.352 e. The highest BCUT2D eigenvalue weighted by Crippen LogP contribution is 2.23. The standard InChI is InChI=1S/C27H28N8O/c1-19-22(26(36)34-13-5-4-8-25(34)30-19)10-15-33-14-9-20(17-33)31-27-32-23-6-2-3-7-24(23)35(27)18-21-16-28-11-12-29-21/h2-8,11-13,16,20H,9-10,14-15,17-18H2,1H3,(H,31,32). The Morgan fingerprint density at radius 3 is 2.86 bits per heavy atom. The molecule has 0 spiro atoms. The largest absolute Gasteiger partial charge is 0.352 e. The molecule has 6 rings (SSSR count). The molecule has 1 aliphatic heterocycles. The molecule has 1 aromatic carbocycles. The lowest BCUT2D eigenvalue weighted by Crippen LogP contribution is -2.30. The Morgan fingerprint density at radius 2 is 1.97 bits per heavy atom. The summed E-state index contributed by atoms with van der Waals surface area (Å²) >= 11 is 0. The summed E-state index contributed by atoms with van der Waals surface area (Å²) in [6.07, 6.45) is 8.69. The van der Waals surface area contributed by atoms with Gasteiger partial charge in [0.2, 0.25) is 5.95 Å². The number of nitrogens with zero attached hydrogens (tertiary/aromatic N) is 7. The summed E-state index contributed by atoms with van der Waals surface area (Å²) in [6, 6.07) is 14.1. The lowest BCUT2D eigenvalue weighted by molar-refractivity contribution is 0.339. The molecule has 5 aromatic rings. The van der Waals surface area contributed by atoms with Crippen molar-refractivity contribution in [1.29, 1.82) is 0 Å². The van der Waals surface area contributed by atoms with Crippen molar-refractivity contribution >= 4 is 22.6 Å². The average molecular weight is 481 g/mol. The van der Waals surface area contributed by atoms with Gasteiger partial charge in [-0.15, -0.1) is 0 Å². The predicted molar refractivity (Wildman–Crippen MR) is 139 cm³/mol. The van der Waals surface area contributed by atoms with Gasteiger partial charge < -0.3 is 14.8 Å². The van der Waals surface area contributed by atoms with E-state index in [1.807, 2.05) is 43.3 Å². The van der Waals surface area contributed by atoms with Gasteiger partial charge in [-0.3, -0.25) is 19.2 Å². The zero-order valence-corrected chi connectivity index (χ0v) is 20.2. The Labute approximate surface area is 208 Å². The summed E-state index contributed by atoms with van der Waals surface area (Å²) in [5.74, 6) is 0.849. The van der Waals surface area contributed by atoms with E-state index >= 15 is 0 Å². The molecule has 0 radical (unpaired) electrons. The highest BCUT2D eigenvalue weighted by atomic mass is 16.1. The summed E-state index contributed by atoms with van der Waals surface area (Å²) in [6.45, 7) is 5.23. The van der Waals surface area contributed by atoms with E-state index < -0.39 is 0 Å². The highest BCUT2D eigenvalue weighted by Gasteiger charge is 2.25. The van der Waals surface area contributed by atoms with E-state index in [9.17, 15) is 4.79 Å². The highest BCUT2D eigenvalue weighted by molar-refractivity contribution is 5.78. The first kappa shape index (κ1) is 22.4. The Hall–Kier alpha value is -4.11. The number of aryl methyl sites for hydroxylation is 1. The molecule has 182 valence electrons. The lowest BCUT2D eigenvalue weighted by Gasteiger charge is -2.18. The topological polar surface area (TPSA) is 93.2 Å². The molecule has 36 heavy (non-hydrogen) atoms. The minimum absolute atomic E-state index is 0.0321. The Bertz CT molecular complexity index is 1580. The number of para-hydroxylation sites is 2. The number of pyridine rings is 1. The molecule has 1 fully saturated rings. The molecular formula is C27H28N8O. The fourth-order valence-corrected chi connectivity index (χ4v) is 5.05. The first-order valence-electron chi connectivity index (χ1n) is 12.3. The van der Waals surface area contributed by atoms with E-state index in [2.05, 4.69) is 35.8 Å². The number of imidazole rings is 1. The van der Waals surface area contributed by atoms with E-state index in [0.29, 0.717) is 18.6 Å². The molecule has 1 saturated heterocycles. The number of hydrogen-bond donors (Lipinski definition) is 1. The third-order valence-corrected chi connectivity index (χ3v) is 6.91. The molecule has 0 bridgehead atoms. The van der Waals surface area contributed by atoms with Crippen molar-refractivity contribution in [2.75, 3.05) is 25.0 Å². The number of rotatable bonds is 7. The quantitative estimate of drug-likeness (QED) is 0.383. The zero-order chi connectivity index (χ0) is 24.5. The lowest BCUT2D eigenvalue weighted by atomic mass is 10.1. The van der Waals surface area contributed by atoms with Crippen LogP contribution in [0.1, 0.15) is 23.4 Å². The summed E-state index contributed by atoms with van der Waals surface area (Å²) in [4.78, 5) is 33.6. The fraction of sp³-hybridized carbons (Fsp3) is 0.296. The van der Waals surface area contributed by atoms with Gasteiger partial charge >= 0.3 is 0 Å². The van der Waals surface area contributed by atoms with Crippen molar-refractivity contribution in [1.82, 2.24) is 33.8 Å². The normalized spacial score (nSPS) is 16.2. The molecule has 4 aromatic heterocycles. The van der Waals surface area contributed by atoms with Gasteiger partial charge in [0.1, 0.15) is 5.65 Å². The van der Waals surface area contributed by atoms with Crippen molar-refractivity contribution in [3.8, 4) is 0 Å². The minimum atomic E-state index is 0.0321. The summed E-state index contributed by atoms with van der Waals surface area (Å²) in [5, 5.41) is 3.68. The first-order valence-corrected chi connectivity index (χ1v) is 12.3. The average Bonchev–Trinajstić information content (AvgIpc) is 3.49. The predicted octanol–water partition coefficient (Wildman–Crippen LogP) is 2.92. The van der Waals surface area contributed by atoms with Crippen molar-refractivity contribution in [2.45, 2.75) is 32.4 Å². The van der Waals surface area contributed by atoms with Gasteiger partial charge in [0, 0.05) is 55.5 Å². The van der Waals surface area contributed by atoms with Crippen molar-refractivity contribution in [2.24, 2.45) is 0 Å². The Morgan fingerprint density at radius 1 is 1.08 bits per heavy atom. The summed E-state index contributed by atoms with van der Waals surface area (Å²) in [7, 11) is 0. The third-order valence-electron chi connectivity index (χ3n) is 6.91. The van der Waals surface area contributed by atoms with Crippen LogP contribution in [0.4, 0.5) is 5.95 Å². The van der Waals surface area contributed by atoms with Crippen LogP contribution in [0.2, 0.25) is 0 Å². The van der Waals surface area contributed by atoms with Crippen LogP contribution in [0.3, 0.4) is 0 Å². The number of fused-ring (bicyclic) bond motifs is 2. The van der Waals surface area contributed by atoms with Crippen LogP contribution in [0.15, 0.2) is 72.0 Å². The molecule has 0 saturated carbocycles. The SMILES string of the molecule is Cc1nc2ccccn2c(=O)c1CCN1CCC(Nc2nc3ccccc3n2Cc2cnccn2)C1. The van der Waals surface area contributed by atoms with Gasteiger partial charge in [-0.2, -0.15) is 0 Å². The van der Waals surface area contributed by atoms with Crippen LogP contribution in [0, 0.1) is 6.92 Å². The molecule has 9 heteroatoms. The van der Waals surface area contributed by atoms with Crippen LogP contribution in [0.5, 0.6) is 0 Å².